The monoisotopic (exact) mass is 281 g/mol. The van der Waals surface area contributed by atoms with Gasteiger partial charge in [0.2, 0.25) is 0 Å². The first-order valence-electron chi connectivity index (χ1n) is 7.01. The number of aromatic nitrogens is 1. The second-order valence-electron chi connectivity index (χ2n) is 6.19. The van der Waals surface area contributed by atoms with Gasteiger partial charge in [0.25, 0.3) is 0 Å². The summed E-state index contributed by atoms with van der Waals surface area (Å²) in [4.78, 5) is 15.7. The minimum Gasteiger partial charge on any atom is -0.447 e. The van der Waals surface area contributed by atoms with Gasteiger partial charge in [-0.25, -0.2) is 9.78 Å². The molecule has 2 N–H and O–H groups in total. The minimum atomic E-state index is -0.467. The van der Waals surface area contributed by atoms with Crippen molar-refractivity contribution < 1.29 is 13.9 Å². The summed E-state index contributed by atoms with van der Waals surface area (Å²) in [5.74, 6) is 1.33. The van der Waals surface area contributed by atoms with E-state index in [4.69, 9.17) is 9.15 Å². The van der Waals surface area contributed by atoms with Gasteiger partial charge in [-0.2, -0.15) is 0 Å². The fraction of sp³-hybridized carbons (Fsp3) is 0.714. The van der Waals surface area contributed by atoms with Crippen molar-refractivity contribution in [3.05, 3.63) is 18.4 Å². The van der Waals surface area contributed by atoms with E-state index in [1.165, 1.54) is 6.39 Å². The zero-order valence-corrected chi connectivity index (χ0v) is 12.3. The molecular weight excluding hydrogens is 258 g/mol. The Bertz CT molecular complexity index is 421. The molecule has 1 unspecified atom stereocenters. The van der Waals surface area contributed by atoms with Gasteiger partial charge in [-0.3, -0.25) is 0 Å². The van der Waals surface area contributed by atoms with Crippen LogP contribution in [0.4, 0.5) is 4.79 Å². The maximum absolute atomic E-state index is 11.8. The summed E-state index contributed by atoms with van der Waals surface area (Å²) in [7, 11) is 0. The number of nitrogens with one attached hydrogen (secondary N) is 2. The minimum absolute atomic E-state index is 0.104. The molecule has 6 heteroatoms. The van der Waals surface area contributed by atoms with E-state index in [0.717, 1.165) is 18.6 Å². The van der Waals surface area contributed by atoms with E-state index in [0.29, 0.717) is 19.0 Å². The number of rotatable bonds is 6. The Morgan fingerprint density at radius 2 is 2.30 bits per heavy atom. The van der Waals surface area contributed by atoms with Crippen molar-refractivity contribution in [2.45, 2.75) is 51.8 Å². The van der Waals surface area contributed by atoms with Crippen molar-refractivity contribution in [3.63, 3.8) is 0 Å². The van der Waals surface area contributed by atoms with Crippen LogP contribution < -0.4 is 10.6 Å². The van der Waals surface area contributed by atoms with E-state index in [1.54, 1.807) is 6.20 Å². The van der Waals surface area contributed by atoms with Gasteiger partial charge in [-0.15, -0.1) is 0 Å². The van der Waals surface area contributed by atoms with E-state index in [2.05, 4.69) is 15.6 Å². The van der Waals surface area contributed by atoms with E-state index >= 15 is 0 Å². The van der Waals surface area contributed by atoms with Gasteiger partial charge >= 0.3 is 6.09 Å². The number of carbonyl (C=O) groups is 1. The van der Waals surface area contributed by atoms with Crippen LogP contribution in [0.3, 0.4) is 0 Å². The predicted molar refractivity (Wildman–Crippen MR) is 74.1 cm³/mol. The highest BCUT2D eigenvalue weighted by atomic mass is 16.6. The SMILES string of the molecule is CC(C)(C)OC(=O)NC(CNCc1cnco1)C1CC1. The molecule has 2 rings (SSSR count). The highest BCUT2D eigenvalue weighted by Gasteiger charge is 2.33. The van der Waals surface area contributed by atoms with Gasteiger partial charge in [0.15, 0.2) is 6.39 Å². The number of carbonyl (C=O) groups excluding carboxylic acids is 1. The molecule has 1 aliphatic rings. The van der Waals surface area contributed by atoms with Crippen LogP contribution in [0, 0.1) is 5.92 Å². The first-order chi connectivity index (χ1) is 9.44. The number of amides is 1. The van der Waals surface area contributed by atoms with Crippen LogP contribution in [0.1, 0.15) is 39.4 Å². The second-order valence-corrected chi connectivity index (χ2v) is 6.19. The van der Waals surface area contributed by atoms with Crippen LogP contribution in [0.5, 0.6) is 0 Å². The quantitative estimate of drug-likeness (QED) is 0.834. The Morgan fingerprint density at radius 3 is 2.85 bits per heavy atom. The molecule has 1 aromatic heterocycles. The second kappa shape index (κ2) is 6.26. The van der Waals surface area contributed by atoms with Crippen LogP contribution in [0.15, 0.2) is 17.0 Å². The molecule has 0 radical (unpaired) electrons. The molecule has 112 valence electrons. The Balaban J connectivity index is 1.74. The molecule has 1 fully saturated rings. The molecule has 0 saturated heterocycles. The molecule has 0 spiro atoms. The highest BCUT2D eigenvalue weighted by molar-refractivity contribution is 5.68. The summed E-state index contributed by atoms with van der Waals surface area (Å²) < 4.78 is 10.4. The zero-order chi connectivity index (χ0) is 14.6. The molecule has 1 aromatic rings. The smallest absolute Gasteiger partial charge is 0.407 e. The van der Waals surface area contributed by atoms with E-state index in [1.807, 2.05) is 20.8 Å². The van der Waals surface area contributed by atoms with Gasteiger partial charge in [-0.05, 0) is 39.5 Å². The zero-order valence-electron chi connectivity index (χ0n) is 12.3. The summed E-state index contributed by atoms with van der Waals surface area (Å²) in [6.07, 6.45) is 5.06. The van der Waals surface area contributed by atoms with Crippen LogP contribution >= 0.6 is 0 Å². The van der Waals surface area contributed by atoms with Crippen molar-refractivity contribution >= 4 is 6.09 Å². The first-order valence-corrected chi connectivity index (χ1v) is 7.01. The van der Waals surface area contributed by atoms with Crippen LogP contribution in [0.2, 0.25) is 0 Å². The molecular formula is C14H23N3O3. The highest BCUT2D eigenvalue weighted by Crippen LogP contribution is 2.32. The summed E-state index contributed by atoms with van der Waals surface area (Å²) in [6, 6.07) is 0.104. The molecule has 1 atom stereocenters. The van der Waals surface area contributed by atoms with Gasteiger partial charge in [0.1, 0.15) is 11.4 Å². The third kappa shape index (κ3) is 5.21. The average Bonchev–Trinajstić information content (AvgIpc) is 3.04. The summed E-state index contributed by atoms with van der Waals surface area (Å²) in [5.41, 5.74) is -0.467. The van der Waals surface area contributed by atoms with E-state index in [-0.39, 0.29) is 12.1 Å². The molecule has 0 bridgehead atoms. The normalized spacial score (nSPS) is 16.8. The van der Waals surface area contributed by atoms with Gasteiger partial charge < -0.3 is 19.8 Å². The van der Waals surface area contributed by atoms with Crippen LogP contribution in [-0.4, -0.2) is 29.3 Å². The summed E-state index contributed by atoms with van der Waals surface area (Å²) >= 11 is 0. The molecule has 0 aromatic carbocycles. The van der Waals surface area contributed by atoms with E-state index < -0.39 is 5.60 Å². The van der Waals surface area contributed by atoms with Gasteiger partial charge in [0, 0.05) is 12.6 Å². The number of hydrogen-bond acceptors (Lipinski definition) is 5. The van der Waals surface area contributed by atoms with Crippen molar-refractivity contribution in [3.8, 4) is 0 Å². The van der Waals surface area contributed by atoms with Crippen LogP contribution in [-0.2, 0) is 11.3 Å². The largest absolute Gasteiger partial charge is 0.447 e. The lowest BCUT2D eigenvalue weighted by molar-refractivity contribution is 0.0497. The summed E-state index contributed by atoms with van der Waals surface area (Å²) in [5, 5.41) is 6.22. The maximum atomic E-state index is 11.8. The number of oxazole rings is 1. The molecule has 1 saturated carbocycles. The average molecular weight is 281 g/mol. The first kappa shape index (κ1) is 14.8. The number of nitrogens with zero attached hydrogens (tertiary/aromatic N) is 1. The summed E-state index contributed by atoms with van der Waals surface area (Å²) in [6.45, 7) is 6.90. The van der Waals surface area contributed by atoms with Crippen LogP contribution in [0.25, 0.3) is 0 Å². The molecule has 1 aliphatic carbocycles. The maximum Gasteiger partial charge on any atom is 0.407 e. The van der Waals surface area contributed by atoms with Gasteiger partial charge in [-0.1, -0.05) is 0 Å². The Morgan fingerprint density at radius 1 is 1.55 bits per heavy atom. The third-order valence-electron chi connectivity index (χ3n) is 3.04. The lowest BCUT2D eigenvalue weighted by Gasteiger charge is -2.23. The van der Waals surface area contributed by atoms with E-state index in [9.17, 15) is 4.79 Å². The molecule has 1 amide bonds. The lowest BCUT2D eigenvalue weighted by Crippen LogP contribution is -2.45. The Labute approximate surface area is 119 Å². The Hall–Kier alpha value is -1.56. The van der Waals surface area contributed by atoms with Crippen molar-refractivity contribution in [1.82, 2.24) is 15.6 Å². The van der Waals surface area contributed by atoms with Crippen molar-refractivity contribution in [2.24, 2.45) is 5.92 Å². The third-order valence-corrected chi connectivity index (χ3v) is 3.04. The fourth-order valence-electron chi connectivity index (χ4n) is 1.97. The topological polar surface area (TPSA) is 76.4 Å². The fourth-order valence-corrected chi connectivity index (χ4v) is 1.97. The van der Waals surface area contributed by atoms with Gasteiger partial charge in [0.05, 0.1) is 12.7 Å². The predicted octanol–water partition coefficient (Wildman–Crippen LogP) is 2.07. The lowest BCUT2D eigenvalue weighted by atomic mass is 10.2. The van der Waals surface area contributed by atoms with Crippen molar-refractivity contribution in [1.29, 1.82) is 0 Å². The molecule has 20 heavy (non-hydrogen) atoms. The standard InChI is InChI=1S/C14H23N3O3/c1-14(2,3)20-13(18)17-12(10-4-5-10)8-15-6-11-7-16-9-19-11/h7,9-10,12,15H,4-6,8H2,1-3H3,(H,17,18). The molecule has 1 heterocycles. The molecule has 6 nitrogen and oxygen atoms in total. The molecule has 0 aliphatic heterocycles. The number of alkyl carbamates (subject to hydrolysis) is 1. The number of ether oxygens (including phenoxy) is 1. The van der Waals surface area contributed by atoms with Crippen molar-refractivity contribution in [2.75, 3.05) is 6.54 Å². The Kier molecular flexibility index (Phi) is 4.65. The number of hydrogen-bond donors (Lipinski definition) is 2.